The molecule has 8 rings (SSSR count). The van der Waals surface area contributed by atoms with Gasteiger partial charge in [-0.05, 0) is 100 Å². The number of benzene rings is 2. The first kappa shape index (κ1) is 32.5. The Morgan fingerprint density at radius 1 is 0.979 bits per heavy atom. The molecule has 0 radical (unpaired) electrons. The third-order valence-corrected chi connectivity index (χ3v) is 13.5. The fourth-order valence-corrected chi connectivity index (χ4v) is 11.0. The molecule has 0 unspecified atom stereocenters. The van der Waals surface area contributed by atoms with Gasteiger partial charge >= 0.3 is 0 Å². The average molecular weight is 655 g/mol. The normalized spacial score (nSPS) is 29.3. The van der Waals surface area contributed by atoms with Crippen LogP contribution in [0.2, 0.25) is 0 Å². The first-order valence-electron chi connectivity index (χ1n) is 19.7. The molecular weight excluding hydrogens is 596 g/mol. The first-order chi connectivity index (χ1) is 23.6. The van der Waals surface area contributed by atoms with Gasteiger partial charge in [-0.1, -0.05) is 68.9 Å². The van der Waals surface area contributed by atoms with Gasteiger partial charge in [0.25, 0.3) is 0 Å². The van der Waals surface area contributed by atoms with Crippen molar-refractivity contribution in [1.29, 1.82) is 0 Å². The number of rotatable bonds is 14. The minimum atomic E-state index is -0.160. The fourth-order valence-electron chi connectivity index (χ4n) is 11.0. The van der Waals surface area contributed by atoms with Crippen LogP contribution >= 0.6 is 0 Å². The number of likely N-dealkylation sites (tertiary alicyclic amines) is 1. The van der Waals surface area contributed by atoms with E-state index in [0.717, 1.165) is 75.3 Å². The lowest BCUT2D eigenvalue weighted by Gasteiger charge is -2.60. The second-order valence-corrected chi connectivity index (χ2v) is 16.4. The lowest BCUT2D eigenvalue weighted by atomic mass is 9.50. The standard InChI is InChI=1S/C42H58N2O4/c1-47-37-26-36(45)32-25-35-33-21-22-34(41-42(33,39(32)40(37)48-41)23-24-43(35)27-31-19-20-31)44(28-30-16-10-6-11-17-30)38(46)18-12-4-2-3-7-13-29-14-8-5-9-15-29/h5,8-9,14-15,26,30-31,33-35,41,45H,2-4,6-7,10-13,16-25,27-28H2,1H3/t33-,34-,35+,41-,42-/m0/s1. The summed E-state index contributed by atoms with van der Waals surface area (Å²) in [5.74, 6) is 4.16. The van der Waals surface area contributed by atoms with E-state index in [-0.39, 0.29) is 17.6 Å². The molecule has 6 heteroatoms. The van der Waals surface area contributed by atoms with E-state index in [1.165, 1.54) is 81.9 Å². The molecule has 0 aromatic heterocycles. The van der Waals surface area contributed by atoms with E-state index in [1.54, 1.807) is 13.2 Å². The van der Waals surface area contributed by atoms with Gasteiger partial charge in [-0.2, -0.15) is 0 Å². The number of carbonyl (C=O) groups excluding carboxylic acids is 1. The molecule has 48 heavy (non-hydrogen) atoms. The highest BCUT2D eigenvalue weighted by Crippen LogP contribution is 2.66. The van der Waals surface area contributed by atoms with Crippen molar-refractivity contribution in [3.63, 3.8) is 0 Å². The lowest BCUT2D eigenvalue weighted by Crippen LogP contribution is -2.69. The van der Waals surface area contributed by atoms with Crippen LogP contribution in [-0.2, 0) is 23.1 Å². The number of unbranched alkanes of at least 4 members (excludes halogenated alkanes) is 4. The molecular formula is C42H58N2O4. The predicted molar refractivity (Wildman–Crippen MR) is 190 cm³/mol. The van der Waals surface area contributed by atoms with Crippen molar-refractivity contribution in [2.24, 2.45) is 17.8 Å². The molecule has 5 atom stereocenters. The van der Waals surface area contributed by atoms with Crippen LogP contribution in [0.4, 0.5) is 0 Å². The van der Waals surface area contributed by atoms with Crippen molar-refractivity contribution in [2.45, 2.75) is 139 Å². The van der Waals surface area contributed by atoms with Gasteiger partial charge in [-0.3, -0.25) is 9.69 Å². The molecule has 4 aliphatic carbocycles. The molecule has 1 spiro atoms. The second kappa shape index (κ2) is 13.9. The van der Waals surface area contributed by atoms with Crippen LogP contribution in [0.1, 0.15) is 119 Å². The van der Waals surface area contributed by atoms with E-state index in [4.69, 9.17) is 9.47 Å². The Morgan fingerprint density at radius 2 is 1.77 bits per heavy atom. The Hall–Kier alpha value is -2.73. The number of aromatic hydroxyl groups is 1. The lowest BCUT2D eigenvalue weighted by molar-refractivity contribution is -0.144. The monoisotopic (exact) mass is 654 g/mol. The third-order valence-electron chi connectivity index (χ3n) is 13.5. The van der Waals surface area contributed by atoms with Crippen LogP contribution in [0.15, 0.2) is 36.4 Å². The molecule has 2 aromatic carbocycles. The number of hydrogen-bond donors (Lipinski definition) is 1. The Balaban J connectivity index is 1.02. The van der Waals surface area contributed by atoms with Gasteiger partial charge in [0.15, 0.2) is 11.5 Å². The average Bonchev–Trinajstić information content (AvgIpc) is 3.87. The number of phenolic OH excluding ortho intramolecular Hbond substituents is 1. The Labute approximate surface area is 288 Å². The topological polar surface area (TPSA) is 62.2 Å². The van der Waals surface area contributed by atoms with E-state index in [9.17, 15) is 9.90 Å². The maximum atomic E-state index is 14.4. The van der Waals surface area contributed by atoms with Crippen molar-refractivity contribution in [2.75, 3.05) is 26.7 Å². The highest BCUT2D eigenvalue weighted by molar-refractivity contribution is 5.77. The summed E-state index contributed by atoms with van der Waals surface area (Å²) in [5, 5.41) is 11.4. The maximum Gasteiger partial charge on any atom is 0.222 e. The molecule has 1 saturated heterocycles. The van der Waals surface area contributed by atoms with Crippen LogP contribution in [-0.4, -0.2) is 65.7 Å². The van der Waals surface area contributed by atoms with Crippen LogP contribution in [0.25, 0.3) is 0 Å². The zero-order valence-corrected chi connectivity index (χ0v) is 29.3. The summed E-state index contributed by atoms with van der Waals surface area (Å²) in [4.78, 5) is 19.6. The van der Waals surface area contributed by atoms with E-state index >= 15 is 0 Å². The SMILES string of the molecule is COc1cc(O)c2c3c1O[C@H]1[C@@H](N(CC4CCCCC4)C(=O)CCCCCCCc4ccccc4)CC[C@H]4[C@@H](C2)N(CC2CC2)CC[C@@]341. The van der Waals surface area contributed by atoms with Crippen molar-refractivity contribution in [1.82, 2.24) is 9.80 Å². The van der Waals surface area contributed by atoms with Gasteiger partial charge in [-0.25, -0.2) is 0 Å². The number of phenols is 1. The van der Waals surface area contributed by atoms with Gasteiger partial charge in [0, 0.05) is 48.2 Å². The molecule has 1 amide bonds. The highest BCUT2D eigenvalue weighted by atomic mass is 16.5. The summed E-state index contributed by atoms with van der Waals surface area (Å²) in [6.07, 6.45) is 20.6. The number of ether oxygens (including phenoxy) is 2. The number of amides is 1. The van der Waals surface area contributed by atoms with Crippen molar-refractivity contribution in [3.05, 3.63) is 53.1 Å². The Morgan fingerprint density at radius 3 is 2.56 bits per heavy atom. The van der Waals surface area contributed by atoms with Crippen molar-refractivity contribution < 1.29 is 19.4 Å². The third kappa shape index (κ3) is 6.03. The molecule has 2 aromatic rings. The zero-order valence-electron chi connectivity index (χ0n) is 29.3. The number of aryl methyl sites for hydroxylation is 1. The number of carbonyl (C=O) groups is 1. The summed E-state index contributed by atoms with van der Waals surface area (Å²) in [5.41, 5.74) is 3.59. The molecule has 260 valence electrons. The molecule has 4 fully saturated rings. The van der Waals surface area contributed by atoms with E-state index in [1.807, 2.05) is 0 Å². The largest absolute Gasteiger partial charge is 0.508 e. The number of nitrogens with zero attached hydrogens (tertiary/aromatic N) is 2. The minimum absolute atomic E-state index is 0.0716. The summed E-state index contributed by atoms with van der Waals surface area (Å²) < 4.78 is 13.1. The Bertz CT molecular complexity index is 1430. The van der Waals surface area contributed by atoms with Gasteiger partial charge in [0.1, 0.15) is 11.9 Å². The molecule has 3 saturated carbocycles. The van der Waals surface area contributed by atoms with Crippen LogP contribution in [0.3, 0.4) is 0 Å². The van der Waals surface area contributed by atoms with E-state index in [2.05, 4.69) is 40.1 Å². The molecule has 6 nitrogen and oxygen atoms in total. The van der Waals surface area contributed by atoms with Crippen molar-refractivity contribution in [3.8, 4) is 17.2 Å². The summed E-state index contributed by atoms with van der Waals surface area (Å²) in [7, 11) is 1.69. The quantitative estimate of drug-likeness (QED) is 0.208. The molecule has 2 bridgehead atoms. The molecule has 2 heterocycles. The van der Waals surface area contributed by atoms with Crippen LogP contribution < -0.4 is 9.47 Å². The van der Waals surface area contributed by atoms with Crippen molar-refractivity contribution >= 4 is 5.91 Å². The van der Waals surface area contributed by atoms with Gasteiger partial charge in [-0.15, -0.1) is 0 Å². The smallest absolute Gasteiger partial charge is 0.222 e. The summed E-state index contributed by atoms with van der Waals surface area (Å²) in [6.45, 7) is 3.16. The minimum Gasteiger partial charge on any atom is -0.508 e. The maximum absolute atomic E-state index is 14.4. The highest BCUT2D eigenvalue weighted by Gasteiger charge is 2.67. The molecule has 2 aliphatic heterocycles. The van der Waals surface area contributed by atoms with Crippen LogP contribution in [0.5, 0.6) is 17.2 Å². The summed E-state index contributed by atoms with van der Waals surface area (Å²) in [6, 6.07) is 13.1. The van der Waals surface area contributed by atoms with E-state index < -0.39 is 0 Å². The second-order valence-electron chi connectivity index (χ2n) is 16.4. The predicted octanol–water partition coefficient (Wildman–Crippen LogP) is 8.21. The van der Waals surface area contributed by atoms with Gasteiger partial charge in [0.05, 0.1) is 13.2 Å². The molecule has 6 aliphatic rings. The number of methoxy groups -OCH3 is 1. The number of hydrogen-bond acceptors (Lipinski definition) is 5. The summed E-state index contributed by atoms with van der Waals surface area (Å²) >= 11 is 0. The Kier molecular flexibility index (Phi) is 9.39. The fraction of sp³-hybridized carbons (Fsp3) is 0.690. The molecule has 1 N–H and O–H groups in total. The zero-order chi connectivity index (χ0) is 32.7. The van der Waals surface area contributed by atoms with E-state index in [0.29, 0.717) is 41.7 Å². The van der Waals surface area contributed by atoms with Gasteiger partial charge in [0.2, 0.25) is 5.91 Å². The first-order valence-corrected chi connectivity index (χ1v) is 19.7. The van der Waals surface area contributed by atoms with Crippen LogP contribution in [0, 0.1) is 17.8 Å². The van der Waals surface area contributed by atoms with Gasteiger partial charge < -0.3 is 19.5 Å². The number of piperidine rings is 1.